The molecule has 0 aliphatic carbocycles. The maximum absolute atomic E-state index is 11.9. The number of hydrogen-bond acceptors (Lipinski definition) is 5. The summed E-state index contributed by atoms with van der Waals surface area (Å²) in [6.07, 6.45) is 1.00. The van der Waals surface area contributed by atoms with Crippen molar-refractivity contribution in [3.05, 3.63) is 0 Å². The Balaban J connectivity index is 1.53. The van der Waals surface area contributed by atoms with Gasteiger partial charge in [0.1, 0.15) is 0 Å². The molecule has 0 aromatic heterocycles. The number of nitrogens with zero attached hydrogens (tertiary/aromatic N) is 1. The summed E-state index contributed by atoms with van der Waals surface area (Å²) in [6.45, 7) is 9.18. The van der Waals surface area contributed by atoms with Crippen molar-refractivity contribution in [1.29, 1.82) is 0 Å². The van der Waals surface area contributed by atoms with Crippen LogP contribution in [0.25, 0.3) is 0 Å². The first-order chi connectivity index (χ1) is 9.25. The Labute approximate surface area is 115 Å². The van der Waals surface area contributed by atoms with Crippen LogP contribution in [0.15, 0.2) is 0 Å². The van der Waals surface area contributed by atoms with Gasteiger partial charge in [-0.2, -0.15) is 0 Å². The summed E-state index contributed by atoms with van der Waals surface area (Å²) in [7, 11) is 0. The zero-order chi connectivity index (χ0) is 13.5. The van der Waals surface area contributed by atoms with Crippen LogP contribution in [0.4, 0.5) is 0 Å². The second-order valence-corrected chi connectivity index (χ2v) is 5.37. The van der Waals surface area contributed by atoms with Gasteiger partial charge < -0.3 is 20.7 Å². The van der Waals surface area contributed by atoms with Crippen molar-refractivity contribution in [2.24, 2.45) is 0 Å². The van der Waals surface area contributed by atoms with E-state index in [9.17, 15) is 4.79 Å². The van der Waals surface area contributed by atoms with Gasteiger partial charge in [0.15, 0.2) is 0 Å². The van der Waals surface area contributed by atoms with E-state index in [1.165, 1.54) is 0 Å². The molecule has 2 atom stereocenters. The number of morpholine rings is 1. The zero-order valence-corrected chi connectivity index (χ0v) is 11.8. The molecule has 0 saturated carbocycles. The highest BCUT2D eigenvalue weighted by Gasteiger charge is 2.22. The number of carbonyl (C=O) groups excluding carboxylic acids is 1. The Bertz CT molecular complexity index is 274. The van der Waals surface area contributed by atoms with Gasteiger partial charge in [0.05, 0.1) is 19.3 Å². The molecule has 2 fully saturated rings. The van der Waals surface area contributed by atoms with Gasteiger partial charge in [-0.1, -0.05) is 0 Å². The van der Waals surface area contributed by atoms with E-state index < -0.39 is 0 Å². The second-order valence-electron chi connectivity index (χ2n) is 5.37. The number of ether oxygens (including phenoxy) is 1. The van der Waals surface area contributed by atoms with E-state index in [-0.39, 0.29) is 11.9 Å². The van der Waals surface area contributed by atoms with E-state index >= 15 is 0 Å². The van der Waals surface area contributed by atoms with E-state index in [1.54, 1.807) is 0 Å². The van der Waals surface area contributed by atoms with E-state index in [0.717, 1.165) is 58.9 Å². The monoisotopic (exact) mass is 270 g/mol. The van der Waals surface area contributed by atoms with Crippen LogP contribution in [0.5, 0.6) is 0 Å². The summed E-state index contributed by atoms with van der Waals surface area (Å²) in [5.41, 5.74) is 0. The average Bonchev–Trinajstić information content (AvgIpc) is 2.45. The van der Waals surface area contributed by atoms with Gasteiger partial charge >= 0.3 is 0 Å². The molecular formula is C13H26N4O2. The Kier molecular flexibility index (Phi) is 6.03. The predicted molar refractivity (Wildman–Crippen MR) is 74.1 cm³/mol. The van der Waals surface area contributed by atoms with Gasteiger partial charge in [-0.05, 0) is 19.9 Å². The number of rotatable bonds is 5. The summed E-state index contributed by atoms with van der Waals surface area (Å²) >= 11 is 0. The van der Waals surface area contributed by atoms with Crippen LogP contribution in [-0.2, 0) is 9.53 Å². The van der Waals surface area contributed by atoms with Crippen molar-refractivity contribution in [2.75, 3.05) is 52.5 Å². The first-order valence-corrected chi connectivity index (χ1v) is 7.30. The summed E-state index contributed by atoms with van der Waals surface area (Å²) < 4.78 is 5.31. The molecule has 0 aromatic carbocycles. The Morgan fingerprint density at radius 2 is 2.11 bits per heavy atom. The highest BCUT2D eigenvalue weighted by atomic mass is 16.5. The molecule has 6 nitrogen and oxygen atoms in total. The molecule has 2 heterocycles. The zero-order valence-electron chi connectivity index (χ0n) is 11.8. The van der Waals surface area contributed by atoms with Crippen molar-refractivity contribution in [1.82, 2.24) is 20.9 Å². The largest absolute Gasteiger partial charge is 0.379 e. The first kappa shape index (κ1) is 14.7. The van der Waals surface area contributed by atoms with Gasteiger partial charge in [-0.15, -0.1) is 0 Å². The number of piperazine rings is 1. The van der Waals surface area contributed by atoms with E-state index in [0.29, 0.717) is 6.04 Å². The molecule has 2 aliphatic rings. The highest BCUT2D eigenvalue weighted by molar-refractivity contribution is 5.82. The van der Waals surface area contributed by atoms with Crippen LogP contribution < -0.4 is 16.0 Å². The number of hydrogen-bond donors (Lipinski definition) is 3. The van der Waals surface area contributed by atoms with Crippen molar-refractivity contribution in [2.45, 2.75) is 25.4 Å². The van der Waals surface area contributed by atoms with E-state index in [2.05, 4.69) is 27.8 Å². The Hall–Kier alpha value is -0.690. The quantitative estimate of drug-likeness (QED) is 0.546. The summed E-state index contributed by atoms with van der Waals surface area (Å²) in [4.78, 5) is 14.3. The lowest BCUT2D eigenvalue weighted by atomic mass is 10.1. The van der Waals surface area contributed by atoms with Crippen LogP contribution in [0.1, 0.15) is 13.3 Å². The third kappa shape index (κ3) is 5.06. The molecule has 0 radical (unpaired) electrons. The van der Waals surface area contributed by atoms with Crippen LogP contribution in [-0.4, -0.2) is 75.4 Å². The molecule has 1 amide bonds. The molecule has 0 aromatic rings. The molecule has 19 heavy (non-hydrogen) atoms. The first-order valence-electron chi connectivity index (χ1n) is 7.30. The average molecular weight is 270 g/mol. The van der Waals surface area contributed by atoms with Gasteiger partial charge in [-0.25, -0.2) is 0 Å². The molecule has 0 bridgehead atoms. The molecular weight excluding hydrogens is 244 g/mol. The lowest BCUT2D eigenvalue weighted by Gasteiger charge is -2.28. The Morgan fingerprint density at radius 1 is 1.32 bits per heavy atom. The minimum atomic E-state index is -0.0837. The number of nitrogens with one attached hydrogen (secondary N) is 3. The lowest BCUT2D eigenvalue weighted by Crippen LogP contribution is -2.59. The number of carbonyl (C=O) groups is 1. The van der Waals surface area contributed by atoms with Gasteiger partial charge in [0.2, 0.25) is 5.91 Å². The molecule has 3 N–H and O–H groups in total. The minimum absolute atomic E-state index is 0.0837. The second kappa shape index (κ2) is 7.79. The fraction of sp³-hybridized carbons (Fsp3) is 0.923. The topological polar surface area (TPSA) is 65.6 Å². The SMILES string of the molecule is CC1CNC(C(=O)NCCCN2CCOCC2)CN1. The Morgan fingerprint density at radius 3 is 2.79 bits per heavy atom. The molecule has 2 aliphatic heterocycles. The molecule has 2 unspecified atom stereocenters. The van der Waals surface area contributed by atoms with Crippen LogP contribution in [0, 0.1) is 0 Å². The van der Waals surface area contributed by atoms with E-state index in [4.69, 9.17) is 4.74 Å². The normalized spacial score (nSPS) is 29.1. The minimum Gasteiger partial charge on any atom is -0.379 e. The lowest BCUT2D eigenvalue weighted by molar-refractivity contribution is -0.123. The summed E-state index contributed by atoms with van der Waals surface area (Å²) in [5.74, 6) is 0.112. The number of amides is 1. The predicted octanol–water partition coefficient (Wildman–Crippen LogP) is -1.23. The fourth-order valence-corrected chi connectivity index (χ4v) is 2.43. The highest BCUT2D eigenvalue weighted by Crippen LogP contribution is 1.98. The van der Waals surface area contributed by atoms with Gasteiger partial charge in [0.25, 0.3) is 0 Å². The summed E-state index contributed by atoms with van der Waals surface area (Å²) in [6, 6.07) is 0.366. The van der Waals surface area contributed by atoms with Crippen molar-refractivity contribution in [3.8, 4) is 0 Å². The van der Waals surface area contributed by atoms with Crippen LogP contribution in [0.3, 0.4) is 0 Å². The molecule has 2 saturated heterocycles. The summed E-state index contributed by atoms with van der Waals surface area (Å²) in [5, 5.41) is 9.57. The van der Waals surface area contributed by atoms with Crippen molar-refractivity contribution >= 4 is 5.91 Å². The van der Waals surface area contributed by atoms with Gasteiger partial charge in [0, 0.05) is 38.8 Å². The third-order valence-electron chi connectivity index (χ3n) is 3.71. The van der Waals surface area contributed by atoms with Gasteiger partial charge in [-0.3, -0.25) is 9.69 Å². The molecule has 110 valence electrons. The maximum Gasteiger partial charge on any atom is 0.238 e. The van der Waals surface area contributed by atoms with Crippen molar-refractivity contribution in [3.63, 3.8) is 0 Å². The molecule has 0 spiro atoms. The van der Waals surface area contributed by atoms with E-state index in [1.807, 2.05) is 0 Å². The maximum atomic E-state index is 11.9. The third-order valence-corrected chi connectivity index (χ3v) is 3.71. The molecule has 2 rings (SSSR count). The van der Waals surface area contributed by atoms with Crippen LogP contribution >= 0.6 is 0 Å². The fourth-order valence-electron chi connectivity index (χ4n) is 2.43. The van der Waals surface area contributed by atoms with Crippen molar-refractivity contribution < 1.29 is 9.53 Å². The smallest absolute Gasteiger partial charge is 0.238 e. The van der Waals surface area contributed by atoms with Crippen LogP contribution in [0.2, 0.25) is 0 Å². The molecule has 6 heteroatoms. The standard InChI is InChI=1S/C13H26N4O2/c1-11-9-16-12(10-15-11)13(18)14-3-2-4-17-5-7-19-8-6-17/h11-12,15-16H,2-10H2,1H3,(H,14,18).